The average Bonchev–Trinajstić information content (AvgIpc) is 3.47. The Bertz CT molecular complexity index is 2330. The molecule has 0 saturated carbocycles. The molecule has 0 N–H and O–H groups in total. The molecule has 0 unspecified atom stereocenters. The molecule has 1 aliphatic rings. The van der Waals surface area contributed by atoms with Gasteiger partial charge in [0.1, 0.15) is 6.20 Å². The van der Waals surface area contributed by atoms with Crippen molar-refractivity contribution in [1.82, 2.24) is 14.0 Å². The van der Waals surface area contributed by atoms with E-state index >= 15 is 0 Å². The van der Waals surface area contributed by atoms with Crippen molar-refractivity contribution in [1.29, 1.82) is 5.26 Å². The first-order valence-corrected chi connectivity index (χ1v) is 13.8. The third-order valence-electron chi connectivity index (χ3n) is 8.74. The van der Waals surface area contributed by atoms with Crippen LogP contribution in [0.4, 0.5) is 5.82 Å². The Morgan fingerprint density at radius 2 is 1.49 bits per heavy atom. The van der Waals surface area contributed by atoms with Crippen molar-refractivity contribution in [3.05, 3.63) is 112 Å². The number of benzene rings is 4. The van der Waals surface area contributed by atoms with E-state index in [0.29, 0.717) is 11.4 Å². The van der Waals surface area contributed by atoms with Crippen LogP contribution in [-0.2, 0) is 0 Å². The zero-order valence-electron chi connectivity index (χ0n) is 23.2. The molecule has 7 aromatic rings. The van der Waals surface area contributed by atoms with Crippen LogP contribution in [0.1, 0.15) is 27.8 Å². The van der Waals surface area contributed by atoms with Crippen molar-refractivity contribution in [3.8, 4) is 11.8 Å². The normalized spacial score (nSPS) is 12.3. The lowest BCUT2D eigenvalue weighted by Gasteiger charge is -2.29. The highest BCUT2D eigenvalue weighted by atomic mass is 15.0. The summed E-state index contributed by atoms with van der Waals surface area (Å²) in [6, 6.07) is 26.0. The van der Waals surface area contributed by atoms with Crippen LogP contribution >= 0.6 is 0 Å². The summed E-state index contributed by atoms with van der Waals surface area (Å²) >= 11 is 0. The molecule has 0 atom stereocenters. The average molecular weight is 525 g/mol. The van der Waals surface area contributed by atoms with Gasteiger partial charge in [0, 0.05) is 43.8 Å². The minimum atomic E-state index is -0.225. The van der Waals surface area contributed by atoms with E-state index in [1.807, 2.05) is 18.2 Å². The first-order chi connectivity index (χ1) is 19.9. The zero-order chi connectivity index (χ0) is 28.2. The van der Waals surface area contributed by atoms with Gasteiger partial charge in [0.25, 0.3) is 5.82 Å². The Labute approximate surface area is 237 Å². The van der Waals surface area contributed by atoms with Gasteiger partial charge in [0.05, 0.1) is 17.1 Å². The van der Waals surface area contributed by atoms with E-state index in [0.717, 1.165) is 38.4 Å². The molecular weight excluding hydrogens is 501 g/mol. The van der Waals surface area contributed by atoms with Crippen LogP contribution in [0.2, 0.25) is 0 Å². The monoisotopic (exact) mass is 525 g/mol. The van der Waals surface area contributed by atoms with Crippen molar-refractivity contribution in [2.75, 3.05) is 0 Å². The molecular formula is C35H24BN5. The lowest BCUT2D eigenvalue weighted by atomic mass is 9.47. The van der Waals surface area contributed by atoms with E-state index in [2.05, 4.69) is 101 Å². The lowest BCUT2D eigenvalue weighted by Crippen LogP contribution is -2.54. The second kappa shape index (κ2) is 8.10. The number of para-hydroxylation sites is 1. The molecule has 0 spiro atoms. The zero-order valence-corrected chi connectivity index (χ0v) is 23.2. The number of aryl methyl sites for hydroxylation is 4. The standard InChI is InChI=1S/C35H24BN5/c1-19-12-21(3)33-25(14-19)26-15-20(2)13-22(4)34(26)41(33)36-28-8-6-7-9-29(28)40-30-16-31(38-5)39-18-27(30)24-11-10-23(17-37)32(36)35(24)40/h6-16,18H,1-4H3. The van der Waals surface area contributed by atoms with Crippen LogP contribution in [0, 0.1) is 45.6 Å². The fourth-order valence-electron chi connectivity index (χ4n) is 7.39. The number of rotatable bonds is 1. The number of aromatic nitrogens is 3. The SMILES string of the molecule is [C-]#[N+]c1cc2c(cn1)c1ccc(C#N)c3c1n2-c1ccccc1B3n1c2c(C)cc(C)cc2c2cc(C)cc(C)c21. The van der Waals surface area contributed by atoms with Gasteiger partial charge in [0.2, 0.25) is 0 Å². The third kappa shape index (κ3) is 2.97. The summed E-state index contributed by atoms with van der Waals surface area (Å²) in [4.78, 5) is 8.05. The smallest absolute Gasteiger partial charge is 0.333 e. The Hall–Kier alpha value is -5.33. The number of nitrogens with zero attached hydrogens (tertiary/aromatic N) is 5. The molecule has 0 fully saturated rings. The molecule has 5 nitrogen and oxygen atoms in total. The summed E-state index contributed by atoms with van der Waals surface area (Å²) in [7, 11) is 0. The Morgan fingerprint density at radius 3 is 2.15 bits per heavy atom. The minimum Gasteiger partial charge on any atom is -0.375 e. The van der Waals surface area contributed by atoms with Crippen LogP contribution in [0.15, 0.2) is 72.9 Å². The predicted molar refractivity (Wildman–Crippen MR) is 168 cm³/mol. The molecule has 0 aliphatic carbocycles. The summed E-state index contributed by atoms with van der Waals surface area (Å²) < 4.78 is 4.73. The van der Waals surface area contributed by atoms with E-state index in [4.69, 9.17) is 6.57 Å². The van der Waals surface area contributed by atoms with E-state index in [-0.39, 0.29) is 6.85 Å². The Kier molecular flexibility index (Phi) is 4.65. The first kappa shape index (κ1) is 23.6. The van der Waals surface area contributed by atoms with Gasteiger partial charge < -0.3 is 13.9 Å². The minimum absolute atomic E-state index is 0.225. The number of fused-ring (bicyclic) bond motifs is 8. The number of nitriles is 1. The molecule has 0 amide bonds. The van der Waals surface area contributed by atoms with Gasteiger partial charge in [0.15, 0.2) is 0 Å². The molecule has 6 heteroatoms. The van der Waals surface area contributed by atoms with Crippen molar-refractivity contribution in [2.45, 2.75) is 27.7 Å². The highest BCUT2D eigenvalue weighted by molar-refractivity contribution is 6.88. The summed E-state index contributed by atoms with van der Waals surface area (Å²) in [6.45, 7) is 16.1. The van der Waals surface area contributed by atoms with E-state index in [9.17, 15) is 5.26 Å². The fraction of sp³-hybridized carbons (Fsp3) is 0.114. The van der Waals surface area contributed by atoms with Crippen molar-refractivity contribution < 1.29 is 0 Å². The van der Waals surface area contributed by atoms with Crippen LogP contribution in [0.3, 0.4) is 0 Å². The summed E-state index contributed by atoms with van der Waals surface area (Å²) in [5.41, 5.74) is 13.1. The highest BCUT2D eigenvalue weighted by Gasteiger charge is 2.38. The van der Waals surface area contributed by atoms with Crippen molar-refractivity contribution >= 4 is 67.2 Å². The van der Waals surface area contributed by atoms with Crippen LogP contribution in [0.25, 0.3) is 54.1 Å². The second-order valence-corrected chi connectivity index (χ2v) is 11.3. The quantitative estimate of drug-likeness (QED) is 0.173. The second-order valence-electron chi connectivity index (χ2n) is 11.3. The van der Waals surface area contributed by atoms with Crippen molar-refractivity contribution in [3.63, 3.8) is 0 Å². The van der Waals surface area contributed by atoms with Crippen LogP contribution < -0.4 is 10.9 Å². The highest BCUT2D eigenvalue weighted by Crippen LogP contribution is 2.39. The van der Waals surface area contributed by atoms with Crippen LogP contribution in [-0.4, -0.2) is 20.9 Å². The topological polar surface area (TPSA) is 50.9 Å². The van der Waals surface area contributed by atoms with Crippen LogP contribution in [0.5, 0.6) is 0 Å². The number of hydrogen-bond acceptors (Lipinski definition) is 2. The maximum Gasteiger partial charge on any atom is 0.333 e. The summed E-state index contributed by atoms with van der Waals surface area (Å²) in [5.74, 6) is 0.359. The Morgan fingerprint density at radius 1 is 0.805 bits per heavy atom. The van der Waals surface area contributed by atoms with E-state index in [1.165, 1.54) is 44.1 Å². The molecule has 41 heavy (non-hydrogen) atoms. The fourth-order valence-corrected chi connectivity index (χ4v) is 7.39. The first-order valence-electron chi connectivity index (χ1n) is 13.8. The molecule has 4 heterocycles. The number of pyridine rings is 1. The third-order valence-corrected chi connectivity index (χ3v) is 8.74. The summed E-state index contributed by atoms with van der Waals surface area (Å²) in [6.07, 6.45) is 1.81. The maximum atomic E-state index is 10.5. The molecule has 192 valence electrons. The largest absolute Gasteiger partial charge is 0.375 e. The summed E-state index contributed by atoms with van der Waals surface area (Å²) in [5, 5.41) is 15.0. The van der Waals surface area contributed by atoms with Gasteiger partial charge in [-0.3, -0.25) is 0 Å². The number of hydrogen-bond donors (Lipinski definition) is 0. The van der Waals surface area contributed by atoms with Gasteiger partial charge >= 0.3 is 6.85 Å². The van der Waals surface area contributed by atoms with Gasteiger partial charge in [-0.2, -0.15) is 5.26 Å². The molecule has 8 rings (SSSR count). The molecule has 0 saturated heterocycles. The Balaban J connectivity index is 1.65. The van der Waals surface area contributed by atoms with E-state index < -0.39 is 0 Å². The predicted octanol–water partition coefficient (Wildman–Crippen LogP) is 6.91. The van der Waals surface area contributed by atoms with E-state index in [1.54, 1.807) is 6.20 Å². The maximum absolute atomic E-state index is 10.5. The van der Waals surface area contributed by atoms with Gasteiger partial charge in [-0.15, -0.1) is 4.98 Å². The van der Waals surface area contributed by atoms with Crippen molar-refractivity contribution in [2.24, 2.45) is 0 Å². The molecule has 1 aliphatic heterocycles. The van der Waals surface area contributed by atoms with Gasteiger partial charge in [-0.1, -0.05) is 54.1 Å². The lowest BCUT2D eigenvalue weighted by molar-refractivity contribution is 1.17. The molecule has 0 bridgehead atoms. The molecule has 4 aromatic carbocycles. The molecule has 0 radical (unpaired) electrons. The van der Waals surface area contributed by atoms with Gasteiger partial charge in [-0.25, -0.2) is 0 Å². The molecule has 3 aromatic heterocycles. The van der Waals surface area contributed by atoms with Gasteiger partial charge in [-0.05, 0) is 80.1 Å².